The molecule has 0 radical (unpaired) electrons. The number of nitrogens with zero attached hydrogens (tertiary/aromatic N) is 1. The van der Waals surface area contributed by atoms with Gasteiger partial charge in [0, 0.05) is 30.5 Å². The third-order valence-corrected chi connectivity index (χ3v) is 4.17. The Kier molecular flexibility index (Phi) is 4.89. The van der Waals surface area contributed by atoms with Gasteiger partial charge in [0.25, 0.3) is 5.91 Å². The highest BCUT2D eigenvalue weighted by Crippen LogP contribution is 2.19. The molecule has 124 valence electrons. The van der Waals surface area contributed by atoms with Crippen LogP contribution >= 0.6 is 0 Å². The number of hydrogen-bond donors (Lipinski definition) is 2. The molecule has 1 atom stereocenters. The topological polar surface area (TPSA) is 71.1 Å². The first kappa shape index (κ1) is 16.2. The molecule has 24 heavy (non-hydrogen) atoms. The van der Waals surface area contributed by atoms with Gasteiger partial charge in [-0.3, -0.25) is 14.6 Å². The summed E-state index contributed by atoms with van der Waals surface area (Å²) in [5.41, 5.74) is 2.48. The number of nitrogens with one attached hydrogen (secondary N) is 2. The van der Waals surface area contributed by atoms with Crippen LogP contribution in [0, 0.1) is 0 Å². The Morgan fingerprint density at radius 3 is 2.67 bits per heavy atom. The molecule has 1 aromatic heterocycles. The van der Waals surface area contributed by atoms with Gasteiger partial charge in [-0.15, -0.1) is 0 Å². The van der Waals surface area contributed by atoms with E-state index in [1.54, 1.807) is 18.5 Å². The van der Waals surface area contributed by atoms with Crippen LogP contribution in [0.2, 0.25) is 0 Å². The Labute approximate surface area is 141 Å². The highest BCUT2D eigenvalue weighted by atomic mass is 16.2. The standard InChI is InChI=1S/C19H21N3O2/c1-13(15-7-9-20-10-8-15)18(23)21-12-14-3-2-4-16(11-14)19(24)22-17-5-6-17/h2-4,7-11,13,17H,5-6,12H2,1H3,(H,21,23)(H,22,24). The number of carbonyl (C=O) groups excluding carboxylic acids is 2. The van der Waals surface area contributed by atoms with E-state index in [-0.39, 0.29) is 17.7 Å². The van der Waals surface area contributed by atoms with Crippen LogP contribution < -0.4 is 10.6 Å². The molecular weight excluding hydrogens is 302 g/mol. The van der Waals surface area contributed by atoms with Crippen LogP contribution in [0.1, 0.15) is 47.2 Å². The molecule has 1 aliphatic rings. The molecule has 0 bridgehead atoms. The summed E-state index contributed by atoms with van der Waals surface area (Å²) in [6.07, 6.45) is 5.49. The molecule has 1 fully saturated rings. The van der Waals surface area contributed by atoms with E-state index in [1.165, 1.54) is 0 Å². The highest BCUT2D eigenvalue weighted by molar-refractivity contribution is 5.94. The zero-order valence-corrected chi connectivity index (χ0v) is 13.7. The number of rotatable bonds is 6. The van der Waals surface area contributed by atoms with Crippen molar-refractivity contribution in [1.82, 2.24) is 15.6 Å². The number of hydrogen-bond acceptors (Lipinski definition) is 3. The quantitative estimate of drug-likeness (QED) is 0.857. The largest absolute Gasteiger partial charge is 0.352 e. The first-order valence-electron chi connectivity index (χ1n) is 8.21. The Hall–Kier alpha value is -2.69. The predicted octanol–water partition coefficient (Wildman–Crippen LogP) is 2.39. The molecule has 0 saturated heterocycles. The van der Waals surface area contributed by atoms with Gasteiger partial charge in [-0.25, -0.2) is 0 Å². The van der Waals surface area contributed by atoms with Crippen LogP contribution in [0.3, 0.4) is 0 Å². The minimum absolute atomic E-state index is 0.0455. The smallest absolute Gasteiger partial charge is 0.251 e. The van der Waals surface area contributed by atoms with E-state index in [1.807, 2.05) is 37.3 Å². The second-order valence-electron chi connectivity index (χ2n) is 6.17. The van der Waals surface area contributed by atoms with Crippen molar-refractivity contribution in [2.45, 2.75) is 38.3 Å². The fraction of sp³-hybridized carbons (Fsp3) is 0.316. The lowest BCUT2D eigenvalue weighted by atomic mass is 10.0. The lowest BCUT2D eigenvalue weighted by Crippen LogP contribution is -2.28. The summed E-state index contributed by atoms with van der Waals surface area (Å²) >= 11 is 0. The van der Waals surface area contributed by atoms with E-state index in [9.17, 15) is 9.59 Å². The molecule has 2 aromatic rings. The van der Waals surface area contributed by atoms with Crippen molar-refractivity contribution in [3.8, 4) is 0 Å². The molecule has 1 aromatic carbocycles. The van der Waals surface area contributed by atoms with Crippen LogP contribution in [0.15, 0.2) is 48.8 Å². The number of carbonyl (C=O) groups is 2. The summed E-state index contributed by atoms with van der Waals surface area (Å²) in [5, 5.41) is 5.90. The van der Waals surface area contributed by atoms with Gasteiger partial charge in [-0.2, -0.15) is 0 Å². The van der Waals surface area contributed by atoms with Crippen molar-refractivity contribution in [2.24, 2.45) is 0 Å². The lowest BCUT2D eigenvalue weighted by Gasteiger charge is -2.13. The van der Waals surface area contributed by atoms with Crippen molar-refractivity contribution in [3.63, 3.8) is 0 Å². The van der Waals surface area contributed by atoms with Gasteiger partial charge in [-0.05, 0) is 55.2 Å². The molecule has 1 unspecified atom stereocenters. The summed E-state index contributed by atoms with van der Waals surface area (Å²) in [5.74, 6) is -0.334. The third-order valence-electron chi connectivity index (χ3n) is 4.17. The average Bonchev–Trinajstić information content (AvgIpc) is 3.44. The minimum atomic E-state index is -0.241. The summed E-state index contributed by atoms with van der Waals surface area (Å²) in [4.78, 5) is 28.3. The normalized spacial score (nSPS) is 14.7. The van der Waals surface area contributed by atoms with Crippen molar-refractivity contribution >= 4 is 11.8 Å². The summed E-state index contributed by atoms with van der Waals surface area (Å²) < 4.78 is 0. The molecule has 0 spiro atoms. The summed E-state index contributed by atoms with van der Waals surface area (Å²) in [6.45, 7) is 2.27. The van der Waals surface area contributed by atoms with Crippen LogP contribution in [-0.2, 0) is 11.3 Å². The highest BCUT2D eigenvalue weighted by Gasteiger charge is 2.23. The number of aromatic nitrogens is 1. The van der Waals surface area contributed by atoms with E-state index in [0.29, 0.717) is 18.2 Å². The molecule has 1 aliphatic carbocycles. The fourth-order valence-corrected chi connectivity index (χ4v) is 2.46. The van der Waals surface area contributed by atoms with Gasteiger partial charge >= 0.3 is 0 Å². The number of benzene rings is 1. The van der Waals surface area contributed by atoms with Crippen molar-refractivity contribution in [2.75, 3.05) is 0 Å². The first-order valence-corrected chi connectivity index (χ1v) is 8.21. The van der Waals surface area contributed by atoms with Gasteiger partial charge in [0.15, 0.2) is 0 Å². The molecule has 2 amide bonds. The monoisotopic (exact) mass is 323 g/mol. The zero-order valence-electron chi connectivity index (χ0n) is 13.7. The zero-order chi connectivity index (χ0) is 16.9. The number of amides is 2. The maximum absolute atomic E-state index is 12.3. The van der Waals surface area contributed by atoms with Crippen LogP contribution in [0.25, 0.3) is 0 Å². The third kappa shape index (κ3) is 4.19. The van der Waals surface area contributed by atoms with Gasteiger partial charge in [0.1, 0.15) is 0 Å². The first-order chi connectivity index (χ1) is 11.6. The van der Waals surface area contributed by atoms with Crippen molar-refractivity contribution in [1.29, 1.82) is 0 Å². The van der Waals surface area contributed by atoms with E-state index >= 15 is 0 Å². The molecule has 0 aliphatic heterocycles. The lowest BCUT2D eigenvalue weighted by molar-refractivity contribution is -0.122. The predicted molar refractivity (Wildman–Crippen MR) is 91.4 cm³/mol. The van der Waals surface area contributed by atoms with Gasteiger partial charge < -0.3 is 10.6 Å². The van der Waals surface area contributed by atoms with Gasteiger partial charge in [0.05, 0.1) is 5.92 Å². The maximum Gasteiger partial charge on any atom is 0.251 e. The second-order valence-corrected chi connectivity index (χ2v) is 6.17. The number of pyridine rings is 1. The van der Waals surface area contributed by atoms with Gasteiger partial charge in [0.2, 0.25) is 5.91 Å². The Morgan fingerprint density at radius 1 is 1.21 bits per heavy atom. The molecule has 2 N–H and O–H groups in total. The summed E-state index contributed by atoms with van der Waals surface area (Å²) in [6, 6.07) is 11.4. The van der Waals surface area contributed by atoms with Crippen molar-refractivity contribution in [3.05, 3.63) is 65.5 Å². The average molecular weight is 323 g/mol. The fourth-order valence-electron chi connectivity index (χ4n) is 2.46. The van der Waals surface area contributed by atoms with Crippen LogP contribution in [0.5, 0.6) is 0 Å². The minimum Gasteiger partial charge on any atom is -0.352 e. The van der Waals surface area contributed by atoms with E-state index < -0.39 is 0 Å². The summed E-state index contributed by atoms with van der Waals surface area (Å²) in [7, 11) is 0. The van der Waals surface area contributed by atoms with E-state index in [4.69, 9.17) is 0 Å². The second kappa shape index (κ2) is 7.25. The van der Waals surface area contributed by atoms with E-state index in [2.05, 4.69) is 15.6 Å². The SMILES string of the molecule is CC(C(=O)NCc1cccc(C(=O)NC2CC2)c1)c1ccncc1. The molecule has 1 heterocycles. The van der Waals surface area contributed by atoms with Crippen molar-refractivity contribution < 1.29 is 9.59 Å². The van der Waals surface area contributed by atoms with Crippen LogP contribution in [-0.4, -0.2) is 22.8 Å². The molecule has 5 heteroatoms. The molecular formula is C19H21N3O2. The van der Waals surface area contributed by atoms with Gasteiger partial charge in [-0.1, -0.05) is 12.1 Å². The maximum atomic E-state index is 12.3. The Balaban J connectivity index is 1.57. The van der Waals surface area contributed by atoms with E-state index in [0.717, 1.165) is 24.0 Å². The Bertz CT molecular complexity index is 726. The Morgan fingerprint density at radius 2 is 1.96 bits per heavy atom. The molecule has 3 rings (SSSR count). The molecule has 1 saturated carbocycles. The molecule has 5 nitrogen and oxygen atoms in total. The van der Waals surface area contributed by atoms with Crippen LogP contribution in [0.4, 0.5) is 0 Å².